The third kappa shape index (κ3) is 5.33. The van der Waals surface area contributed by atoms with Gasteiger partial charge in [0.25, 0.3) is 0 Å². The van der Waals surface area contributed by atoms with Gasteiger partial charge < -0.3 is 15.7 Å². The highest BCUT2D eigenvalue weighted by Crippen LogP contribution is 2.34. The van der Waals surface area contributed by atoms with Crippen molar-refractivity contribution in [1.29, 1.82) is 5.26 Å². The molecule has 1 aliphatic carbocycles. The van der Waals surface area contributed by atoms with Crippen LogP contribution >= 0.6 is 11.8 Å². The molecule has 5 atom stereocenters. The number of hydrogen-bond acceptors (Lipinski definition) is 9. The van der Waals surface area contributed by atoms with Gasteiger partial charge >= 0.3 is 0 Å². The number of fused-ring (bicyclic) bond motifs is 3. The second-order valence-electron chi connectivity index (χ2n) is 10.3. The van der Waals surface area contributed by atoms with Crippen molar-refractivity contribution in [2.45, 2.75) is 68.3 Å². The number of rotatable bonds is 8. The molecule has 2 aliphatic heterocycles. The Hall–Kier alpha value is -3.23. The average molecular weight is 530 g/mol. The number of amides is 1. The largest absolute Gasteiger partial charge is 0.366 e. The zero-order valence-corrected chi connectivity index (χ0v) is 21.8. The summed E-state index contributed by atoms with van der Waals surface area (Å²) in [5.74, 6) is 1.80. The van der Waals surface area contributed by atoms with Crippen molar-refractivity contribution < 1.29 is 9.90 Å². The Bertz CT molecular complexity index is 1390. The Morgan fingerprint density at radius 3 is 2.92 bits per heavy atom. The van der Waals surface area contributed by atoms with E-state index >= 15 is 0 Å². The third-order valence-electron chi connectivity index (χ3n) is 7.72. The topological polar surface area (TPSA) is 135 Å². The van der Waals surface area contributed by atoms with Gasteiger partial charge in [-0.25, -0.2) is 9.97 Å². The molecule has 3 aromatic rings. The van der Waals surface area contributed by atoms with Crippen LogP contribution in [-0.2, 0) is 17.6 Å². The highest BCUT2D eigenvalue weighted by atomic mass is 32.2. The maximum Gasteiger partial charge on any atom is 0.224 e. The maximum atomic E-state index is 12.6. The van der Waals surface area contributed by atoms with Crippen LogP contribution in [-0.4, -0.2) is 56.5 Å². The molecule has 2 fully saturated rings. The highest BCUT2D eigenvalue weighted by Gasteiger charge is 2.42. The molecular weight excluding hydrogens is 498 g/mol. The number of nitrogens with zero attached hydrogens (tertiary/aromatic N) is 3. The minimum atomic E-state index is -0.595. The first-order valence-corrected chi connectivity index (χ1v) is 14.3. The van der Waals surface area contributed by atoms with Gasteiger partial charge in [-0.05, 0) is 67.1 Å². The van der Waals surface area contributed by atoms with Crippen LogP contribution in [0.1, 0.15) is 42.4 Å². The number of anilines is 2. The van der Waals surface area contributed by atoms with Gasteiger partial charge in [0.2, 0.25) is 5.91 Å². The second-order valence-corrected chi connectivity index (χ2v) is 11.6. The number of benzene rings is 2. The molecule has 0 bridgehead atoms. The summed E-state index contributed by atoms with van der Waals surface area (Å²) in [6.45, 7) is 0. The van der Waals surface area contributed by atoms with Gasteiger partial charge in [-0.3, -0.25) is 15.4 Å². The van der Waals surface area contributed by atoms with Gasteiger partial charge in [-0.1, -0.05) is 12.5 Å². The molecule has 9 nitrogen and oxygen atoms in total. The zero-order valence-electron chi connectivity index (χ0n) is 21.0. The lowest BCUT2D eigenvalue weighted by Gasteiger charge is -2.17. The lowest BCUT2D eigenvalue weighted by atomic mass is 10.0. The first kappa shape index (κ1) is 25.1. The van der Waals surface area contributed by atoms with E-state index in [1.54, 1.807) is 12.4 Å². The molecule has 1 amide bonds. The minimum absolute atomic E-state index is 0.0476. The summed E-state index contributed by atoms with van der Waals surface area (Å²) in [5, 5.41) is 33.3. The van der Waals surface area contributed by atoms with E-state index < -0.39 is 6.35 Å². The Labute approximate surface area is 225 Å². The molecule has 2 saturated heterocycles. The number of carbonyl (C=O) groups is 1. The Kier molecular flexibility index (Phi) is 7.17. The second kappa shape index (κ2) is 10.9. The molecule has 2 aromatic carbocycles. The number of hydrogen-bond donors (Lipinski definition) is 5. The third-order valence-corrected chi connectivity index (χ3v) is 9.23. The number of unbranched alkanes of at least 4 members (excludes halogenated alkanes) is 1. The van der Waals surface area contributed by atoms with Crippen molar-refractivity contribution in [1.82, 2.24) is 20.6 Å². The monoisotopic (exact) mass is 529 g/mol. The van der Waals surface area contributed by atoms with Crippen LogP contribution in [0.5, 0.6) is 0 Å². The molecule has 10 heteroatoms. The highest BCUT2D eigenvalue weighted by molar-refractivity contribution is 8.00. The summed E-state index contributed by atoms with van der Waals surface area (Å²) in [6, 6.07) is 14.6. The number of nitrogens with one attached hydrogen (secondary N) is 4. The molecule has 5 N–H and O–H groups in total. The molecule has 6 rings (SSSR count). The van der Waals surface area contributed by atoms with Gasteiger partial charge in [0.1, 0.15) is 12.1 Å². The molecule has 5 unspecified atom stereocenters. The van der Waals surface area contributed by atoms with Crippen LogP contribution in [0, 0.1) is 11.3 Å². The fourth-order valence-electron chi connectivity index (χ4n) is 5.85. The van der Waals surface area contributed by atoms with Gasteiger partial charge in [0.15, 0.2) is 6.35 Å². The van der Waals surface area contributed by atoms with Crippen LogP contribution in [0.3, 0.4) is 0 Å². The number of carbonyl (C=O) groups excluding carboxylic acids is 1. The normalized spacial score (nSPS) is 25.6. The van der Waals surface area contributed by atoms with E-state index in [2.05, 4.69) is 49.4 Å². The van der Waals surface area contributed by atoms with Crippen molar-refractivity contribution in [2.75, 3.05) is 16.4 Å². The van der Waals surface area contributed by atoms with Crippen molar-refractivity contribution >= 4 is 40.1 Å². The summed E-state index contributed by atoms with van der Waals surface area (Å²) in [7, 11) is 0. The quantitative estimate of drug-likeness (QED) is 0.279. The van der Waals surface area contributed by atoms with Crippen molar-refractivity contribution in [2.24, 2.45) is 0 Å². The van der Waals surface area contributed by atoms with Crippen molar-refractivity contribution in [3.8, 4) is 6.07 Å². The van der Waals surface area contributed by atoms with Gasteiger partial charge in [0.05, 0.1) is 17.1 Å². The predicted molar refractivity (Wildman–Crippen MR) is 149 cm³/mol. The van der Waals surface area contributed by atoms with E-state index in [0.29, 0.717) is 29.3 Å². The van der Waals surface area contributed by atoms with Gasteiger partial charge in [0, 0.05) is 46.6 Å². The zero-order chi connectivity index (χ0) is 26.1. The lowest BCUT2D eigenvalue weighted by molar-refractivity contribution is -0.116. The van der Waals surface area contributed by atoms with E-state index in [9.17, 15) is 15.2 Å². The first-order chi connectivity index (χ1) is 18.6. The molecule has 0 radical (unpaired) electrons. The number of aliphatic hydroxyl groups is 1. The van der Waals surface area contributed by atoms with E-state index in [4.69, 9.17) is 0 Å². The molecule has 3 aliphatic rings. The standard InChI is InChI=1S/C28H31N7O2S/c29-13-16-5-8-22-21(9-16)27(31-15-30-22)33-20-10-17-6-7-19(11-18(17)12-20)32-25(36)4-2-1-3-24-26-23(14-38-24)34-28(37)35-26/h5-9,11,15,20,23-24,26,28,34-35,37H,1-4,10,12,14H2,(H,32,36)(H,30,31,33). The smallest absolute Gasteiger partial charge is 0.224 e. The molecular formula is C28H31N7O2S. The summed E-state index contributed by atoms with van der Waals surface area (Å²) in [6.07, 6.45) is 6.06. The lowest BCUT2D eigenvalue weighted by Crippen LogP contribution is -2.37. The van der Waals surface area contributed by atoms with Crippen LogP contribution in [0.15, 0.2) is 42.7 Å². The Balaban J connectivity index is 0.994. The molecule has 38 heavy (non-hydrogen) atoms. The van der Waals surface area contributed by atoms with Crippen LogP contribution in [0.4, 0.5) is 11.5 Å². The summed E-state index contributed by atoms with van der Waals surface area (Å²) in [5.41, 5.74) is 4.72. The Morgan fingerprint density at radius 1 is 1.13 bits per heavy atom. The molecule has 3 heterocycles. The molecule has 0 spiro atoms. The number of aliphatic hydroxyl groups excluding tert-OH is 1. The summed E-state index contributed by atoms with van der Waals surface area (Å²) in [4.78, 5) is 21.3. The van der Waals surface area contributed by atoms with Crippen LogP contribution in [0.2, 0.25) is 0 Å². The number of thioether (sulfide) groups is 1. The molecule has 196 valence electrons. The number of nitriles is 1. The minimum Gasteiger partial charge on any atom is -0.366 e. The van der Waals surface area contributed by atoms with Gasteiger partial charge in [-0.15, -0.1) is 0 Å². The van der Waals surface area contributed by atoms with E-state index in [1.165, 1.54) is 11.1 Å². The van der Waals surface area contributed by atoms with Crippen LogP contribution in [0.25, 0.3) is 10.9 Å². The Morgan fingerprint density at radius 2 is 2.03 bits per heavy atom. The van der Waals surface area contributed by atoms with Crippen molar-refractivity contribution in [3.05, 3.63) is 59.4 Å². The number of aromatic nitrogens is 2. The van der Waals surface area contributed by atoms with E-state index in [-0.39, 0.29) is 11.9 Å². The fourth-order valence-corrected chi connectivity index (χ4v) is 7.42. The SMILES string of the molecule is N#Cc1ccc2ncnc(NC3Cc4ccc(NC(=O)CCCCC5SCC6NC(O)NC65)cc4C3)c2c1. The summed E-state index contributed by atoms with van der Waals surface area (Å²) >= 11 is 1.95. The average Bonchev–Trinajstić information content (AvgIpc) is 3.60. The summed E-state index contributed by atoms with van der Waals surface area (Å²) < 4.78 is 0. The first-order valence-electron chi connectivity index (χ1n) is 13.2. The molecule has 1 aromatic heterocycles. The predicted octanol–water partition coefficient (Wildman–Crippen LogP) is 2.90. The maximum absolute atomic E-state index is 12.6. The van der Waals surface area contributed by atoms with E-state index in [1.807, 2.05) is 30.0 Å². The molecule has 0 saturated carbocycles. The van der Waals surface area contributed by atoms with Gasteiger partial charge in [-0.2, -0.15) is 17.0 Å². The van der Waals surface area contributed by atoms with Crippen molar-refractivity contribution in [3.63, 3.8) is 0 Å². The van der Waals surface area contributed by atoms with Crippen LogP contribution < -0.4 is 21.3 Å². The fraction of sp³-hybridized carbons (Fsp3) is 0.429. The van der Waals surface area contributed by atoms with E-state index in [0.717, 1.165) is 60.3 Å².